The number of ether oxygens (including phenoxy) is 1. The maximum atomic E-state index is 6.21. The van der Waals surface area contributed by atoms with E-state index in [0.29, 0.717) is 17.5 Å². The minimum atomic E-state index is 0.578. The van der Waals surface area contributed by atoms with E-state index in [1.807, 2.05) is 32.5 Å². The third kappa shape index (κ3) is 4.69. The molecule has 1 aliphatic rings. The van der Waals surface area contributed by atoms with E-state index in [4.69, 9.17) is 10.5 Å². The van der Waals surface area contributed by atoms with Crippen molar-refractivity contribution in [1.82, 2.24) is 10.2 Å². The minimum absolute atomic E-state index is 0.578. The van der Waals surface area contributed by atoms with Crippen molar-refractivity contribution in [3.63, 3.8) is 0 Å². The molecule has 6 nitrogen and oxygen atoms in total. The molecule has 1 fully saturated rings. The molecule has 2 rings (SSSR count). The van der Waals surface area contributed by atoms with Crippen LogP contribution in [0.3, 0.4) is 0 Å². The maximum Gasteiger partial charge on any atom is 0.143 e. The average Bonchev–Trinajstić information content (AvgIpc) is 2.65. The van der Waals surface area contributed by atoms with E-state index in [0.717, 1.165) is 49.5 Å². The molecule has 0 bridgehead atoms. The van der Waals surface area contributed by atoms with Crippen LogP contribution in [0.2, 0.25) is 0 Å². The zero-order valence-electron chi connectivity index (χ0n) is 16.7. The molecule has 0 aliphatic carbocycles. The summed E-state index contributed by atoms with van der Waals surface area (Å²) in [5.74, 6) is 0.714. The number of nitrogen functional groups attached to an aromatic ring is 1. The number of nitrogens with two attached hydrogens (primary N) is 1. The highest BCUT2D eigenvalue weighted by molar-refractivity contribution is 6.12. The van der Waals surface area contributed by atoms with Crippen LogP contribution >= 0.6 is 0 Å². The van der Waals surface area contributed by atoms with Crippen LogP contribution in [-0.2, 0) is 0 Å². The van der Waals surface area contributed by atoms with E-state index >= 15 is 0 Å². The monoisotopic (exact) mass is 359 g/mol. The number of nitrogens with zero attached hydrogens (tertiary/aromatic N) is 3. The lowest BCUT2D eigenvalue weighted by Gasteiger charge is -2.39. The lowest BCUT2D eigenvalue weighted by molar-refractivity contribution is 0.209. The Morgan fingerprint density at radius 2 is 2.00 bits per heavy atom. The number of nitrogens with one attached hydrogen (secondary N) is 1. The SMILES string of the molecule is CC/N=C/C(=C\NC)c1cc(N)c(OC)cc1N1CCN(C(C)C)CC1. The molecular weight excluding hydrogens is 326 g/mol. The van der Waals surface area contributed by atoms with Crippen molar-refractivity contribution in [1.29, 1.82) is 0 Å². The molecule has 1 aromatic carbocycles. The second-order valence-electron chi connectivity index (χ2n) is 6.74. The summed E-state index contributed by atoms with van der Waals surface area (Å²) < 4.78 is 5.48. The van der Waals surface area contributed by atoms with Gasteiger partial charge < -0.3 is 20.7 Å². The molecule has 1 aromatic rings. The van der Waals surface area contributed by atoms with E-state index in [9.17, 15) is 0 Å². The minimum Gasteiger partial charge on any atom is -0.495 e. The number of anilines is 2. The second-order valence-corrected chi connectivity index (χ2v) is 6.74. The van der Waals surface area contributed by atoms with Crippen LogP contribution in [0.25, 0.3) is 5.57 Å². The van der Waals surface area contributed by atoms with Crippen molar-refractivity contribution in [3.8, 4) is 5.75 Å². The van der Waals surface area contributed by atoms with Crippen LogP contribution in [0, 0.1) is 0 Å². The van der Waals surface area contributed by atoms with Crippen molar-refractivity contribution in [2.45, 2.75) is 26.8 Å². The lowest BCUT2D eigenvalue weighted by Crippen LogP contribution is -2.49. The highest BCUT2D eigenvalue weighted by atomic mass is 16.5. The lowest BCUT2D eigenvalue weighted by atomic mass is 10.0. The van der Waals surface area contributed by atoms with Gasteiger partial charge in [0.25, 0.3) is 0 Å². The Bertz CT molecular complexity index is 646. The summed E-state index contributed by atoms with van der Waals surface area (Å²) in [5.41, 5.74) is 10.1. The number of aliphatic imine (C=N–C) groups is 1. The van der Waals surface area contributed by atoms with E-state index in [1.165, 1.54) is 0 Å². The largest absolute Gasteiger partial charge is 0.495 e. The molecule has 0 amide bonds. The molecule has 1 aliphatic heterocycles. The molecule has 0 radical (unpaired) electrons. The molecule has 1 saturated heterocycles. The molecule has 0 spiro atoms. The topological polar surface area (TPSA) is 66.1 Å². The molecule has 26 heavy (non-hydrogen) atoms. The summed E-state index contributed by atoms with van der Waals surface area (Å²) >= 11 is 0. The van der Waals surface area contributed by atoms with Crippen LogP contribution in [0.1, 0.15) is 26.3 Å². The number of piperazine rings is 1. The van der Waals surface area contributed by atoms with Gasteiger partial charge in [0, 0.05) is 81.1 Å². The summed E-state index contributed by atoms with van der Waals surface area (Å²) in [7, 11) is 3.56. The van der Waals surface area contributed by atoms with Gasteiger partial charge in [0.2, 0.25) is 0 Å². The first-order chi connectivity index (χ1) is 12.5. The molecule has 0 atom stereocenters. The van der Waals surface area contributed by atoms with Gasteiger partial charge in [-0.2, -0.15) is 0 Å². The number of methoxy groups -OCH3 is 1. The molecule has 144 valence electrons. The third-order valence-corrected chi connectivity index (χ3v) is 4.76. The normalized spacial score (nSPS) is 16.5. The standard InChI is InChI=1S/C20H33N5O/c1-6-23-14-16(13-22-4)17-11-18(21)20(26-5)12-19(17)25-9-7-24(8-10-25)15(2)3/h11-15,22H,6-10,21H2,1-5H3/b16-13+,23-14+. The highest BCUT2D eigenvalue weighted by Crippen LogP contribution is 2.35. The third-order valence-electron chi connectivity index (χ3n) is 4.76. The predicted octanol–water partition coefficient (Wildman–Crippen LogP) is 2.46. The van der Waals surface area contributed by atoms with Crippen LogP contribution in [0.15, 0.2) is 23.3 Å². The van der Waals surface area contributed by atoms with Crippen LogP contribution in [-0.4, -0.2) is 64.0 Å². The van der Waals surface area contributed by atoms with Gasteiger partial charge in [0.05, 0.1) is 12.8 Å². The van der Waals surface area contributed by atoms with Gasteiger partial charge in [-0.25, -0.2) is 0 Å². The van der Waals surface area contributed by atoms with Gasteiger partial charge in [0.1, 0.15) is 5.75 Å². The fraction of sp³-hybridized carbons (Fsp3) is 0.550. The molecule has 6 heteroatoms. The zero-order valence-corrected chi connectivity index (χ0v) is 16.7. The van der Waals surface area contributed by atoms with E-state index < -0.39 is 0 Å². The Hall–Kier alpha value is -2.21. The Kier molecular flexibility index (Phi) is 7.33. The Morgan fingerprint density at radius 3 is 2.54 bits per heavy atom. The summed E-state index contributed by atoms with van der Waals surface area (Å²) in [4.78, 5) is 9.35. The maximum absolute atomic E-state index is 6.21. The fourth-order valence-corrected chi connectivity index (χ4v) is 3.26. The zero-order chi connectivity index (χ0) is 19.1. The molecular formula is C20H33N5O. The Balaban J connectivity index is 2.43. The summed E-state index contributed by atoms with van der Waals surface area (Å²) in [6.07, 6.45) is 3.87. The van der Waals surface area contributed by atoms with E-state index in [-0.39, 0.29) is 0 Å². The van der Waals surface area contributed by atoms with Gasteiger partial charge >= 0.3 is 0 Å². The van der Waals surface area contributed by atoms with Gasteiger partial charge in [-0.15, -0.1) is 0 Å². The van der Waals surface area contributed by atoms with E-state index in [2.05, 4.69) is 40.0 Å². The molecule has 0 aromatic heterocycles. The summed E-state index contributed by atoms with van der Waals surface area (Å²) in [5, 5.41) is 3.12. The first-order valence-electron chi connectivity index (χ1n) is 9.35. The van der Waals surface area contributed by atoms with Gasteiger partial charge in [0.15, 0.2) is 0 Å². The van der Waals surface area contributed by atoms with Crippen molar-refractivity contribution < 1.29 is 4.74 Å². The van der Waals surface area contributed by atoms with Crippen molar-refractivity contribution in [2.75, 3.05) is 57.5 Å². The molecule has 0 saturated carbocycles. The Labute approximate surface area is 157 Å². The Morgan fingerprint density at radius 1 is 1.31 bits per heavy atom. The molecule has 3 N–H and O–H groups in total. The number of benzene rings is 1. The average molecular weight is 360 g/mol. The van der Waals surface area contributed by atoms with E-state index in [1.54, 1.807) is 7.11 Å². The second kappa shape index (κ2) is 9.48. The highest BCUT2D eigenvalue weighted by Gasteiger charge is 2.23. The summed E-state index contributed by atoms with van der Waals surface area (Å²) in [6, 6.07) is 4.63. The van der Waals surface area contributed by atoms with Gasteiger partial charge in [-0.05, 0) is 26.8 Å². The first-order valence-corrected chi connectivity index (χ1v) is 9.35. The van der Waals surface area contributed by atoms with Crippen LogP contribution in [0.5, 0.6) is 5.75 Å². The van der Waals surface area contributed by atoms with Crippen molar-refractivity contribution >= 4 is 23.2 Å². The van der Waals surface area contributed by atoms with Gasteiger partial charge in [-0.3, -0.25) is 9.89 Å². The van der Waals surface area contributed by atoms with Crippen molar-refractivity contribution in [3.05, 3.63) is 23.9 Å². The van der Waals surface area contributed by atoms with Crippen LogP contribution < -0.4 is 20.7 Å². The first kappa shape index (κ1) is 20.1. The number of hydrogen-bond acceptors (Lipinski definition) is 6. The number of hydrogen-bond donors (Lipinski definition) is 2. The predicted molar refractivity (Wildman–Crippen MR) is 112 cm³/mol. The van der Waals surface area contributed by atoms with Crippen molar-refractivity contribution in [2.24, 2.45) is 4.99 Å². The van der Waals surface area contributed by atoms with Crippen LogP contribution in [0.4, 0.5) is 11.4 Å². The quantitative estimate of drug-likeness (QED) is 0.578. The fourth-order valence-electron chi connectivity index (χ4n) is 3.26. The number of rotatable bonds is 7. The molecule has 1 heterocycles. The smallest absolute Gasteiger partial charge is 0.143 e. The number of allylic oxidation sites excluding steroid dienone is 1. The van der Waals surface area contributed by atoms with Gasteiger partial charge in [-0.1, -0.05) is 0 Å². The molecule has 0 unspecified atom stereocenters. The summed E-state index contributed by atoms with van der Waals surface area (Å²) in [6.45, 7) is 11.4.